The van der Waals surface area contributed by atoms with Crippen molar-refractivity contribution in [1.29, 1.82) is 0 Å². The summed E-state index contributed by atoms with van der Waals surface area (Å²) in [6, 6.07) is 21.7. The molecule has 3 aromatic carbocycles. The minimum atomic E-state index is -0.756. The highest BCUT2D eigenvalue weighted by Crippen LogP contribution is 2.28. The van der Waals surface area contributed by atoms with Crippen molar-refractivity contribution in [2.45, 2.75) is 39.3 Å². The standard InChI is InChI=1S/C28H30N2O6/c1-28(2,3)36-27(32)29(19-21-8-6-5-7-9-21)17-16-20-10-12-22(13-11-20)23-14-15-24(26(31)35-4)25(18-23)30(33)34/h5-15,18H,16-17,19H2,1-4H3. The molecule has 0 N–H and O–H groups in total. The van der Waals surface area contributed by atoms with E-state index in [1.165, 1.54) is 19.2 Å². The molecule has 8 nitrogen and oxygen atoms in total. The SMILES string of the molecule is COC(=O)c1ccc(-c2ccc(CCN(Cc3ccccc3)C(=O)OC(C)(C)C)cc2)cc1[N+](=O)[O-]. The number of nitro benzene ring substituents is 1. The number of benzene rings is 3. The van der Waals surface area contributed by atoms with Crippen molar-refractivity contribution in [3.05, 3.63) is 99.6 Å². The van der Waals surface area contributed by atoms with Crippen molar-refractivity contribution in [2.75, 3.05) is 13.7 Å². The molecule has 0 bridgehead atoms. The van der Waals surface area contributed by atoms with Crippen LogP contribution in [0.15, 0.2) is 72.8 Å². The molecule has 3 aromatic rings. The van der Waals surface area contributed by atoms with Crippen LogP contribution in [-0.4, -0.2) is 41.1 Å². The zero-order chi connectivity index (χ0) is 26.3. The average molecular weight is 491 g/mol. The van der Waals surface area contributed by atoms with Gasteiger partial charge in [0.25, 0.3) is 5.69 Å². The summed E-state index contributed by atoms with van der Waals surface area (Å²) in [6.45, 7) is 6.41. The molecule has 8 heteroatoms. The first-order chi connectivity index (χ1) is 17.1. The Kier molecular flexibility index (Phi) is 8.42. The summed E-state index contributed by atoms with van der Waals surface area (Å²) in [5, 5.41) is 11.5. The van der Waals surface area contributed by atoms with Gasteiger partial charge in [-0.25, -0.2) is 9.59 Å². The lowest BCUT2D eigenvalue weighted by atomic mass is 10.0. The molecule has 0 unspecified atom stereocenters. The molecule has 0 aliphatic carbocycles. The molecule has 0 saturated heterocycles. The van der Waals surface area contributed by atoms with Crippen LogP contribution in [0.1, 0.15) is 42.3 Å². The molecule has 3 rings (SSSR count). The lowest BCUT2D eigenvalue weighted by molar-refractivity contribution is -0.385. The molecule has 0 aromatic heterocycles. The lowest BCUT2D eigenvalue weighted by Gasteiger charge is -2.27. The van der Waals surface area contributed by atoms with Gasteiger partial charge in [-0.1, -0.05) is 60.7 Å². The highest BCUT2D eigenvalue weighted by molar-refractivity contribution is 5.94. The van der Waals surface area contributed by atoms with Gasteiger partial charge < -0.3 is 14.4 Å². The maximum Gasteiger partial charge on any atom is 0.410 e. The van der Waals surface area contributed by atoms with Gasteiger partial charge in [-0.3, -0.25) is 10.1 Å². The van der Waals surface area contributed by atoms with Crippen LogP contribution in [0.5, 0.6) is 0 Å². The first kappa shape index (κ1) is 26.4. The third-order valence-corrected chi connectivity index (χ3v) is 5.43. The third kappa shape index (κ3) is 7.15. The molecule has 0 aliphatic rings. The zero-order valence-corrected chi connectivity index (χ0v) is 20.9. The first-order valence-electron chi connectivity index (χ1n) is 11.6. The van der Waals surface area contributed by atoms with Crippen LogP contribution in [0.4, 0.5) is 10.5 Å². The molecule has 36 heavy (non-hydrogen) atoms. The number of hydrogen-bond donors (Lipinski definition) is 0. The summed E-state index contributed by atoms with van der Waals surface area (Å²) >= 11 is 0. The topological polar surface area (TPSA) is 99.0 Å². The van der Waals surface area contributed by atoms with Crippen molar-refractivity contribution < 1.29 is 24.0 Å². The molecule has 0 spiro atoms. The molecule has 0 radical (unpaired) electrons. The number of nitro groups is 1. The molecule has 0 fully saturated rings. The van der Waals surface area contributed by atoms with Crippen LogP contribution >= 0.6 is 0 Å². The quantitative estimate of drug-likeness (QED) is 0.217. The predicted octanol–water partition coefficient (Wildman–Crippen LogP) is 6.03. The molecule has 1 amide bonds. The van der Waals surface area contributed by atoms with Crippen LogP contribution in [0.3, 0.4) is 0 Å². The monoisotopic (exact) mass is 490 g/mol. The molecule has 0 aliphatic heterocycles. The van der Waals surface area contributed by atoms with Crippen LogP contribution in [0.2, 0.25) is 0 Å². The Balaban J connectivity index is 1.75. The molecule has 188 valence electrons. The van der Waals surface area contributed by atoms with E-state index in [9.17, 15) is 19.7 Å². The summed E-state index contributed by atoms with van der Waals surface area (Å²) in [7, 11) is 1.18. The normalized spacial score (nSPS) is 11.0. The Morgan fingerprint density at radius 2 is 1.56 bits per heavy atom. The van der Waals surface area contributed by atoms with Crippen molar-refractivity contribution in [2.24, 2.45) is 0 Å². The Morgan fingerprint density at radius 3 is 2.14 bits per heavy atom. The fraction of sp³-hybridized carbons (Fsp3) is 0.286. The van der Waals surface area contributed by atoms with Crippen molar-refractivity contribution in [1.82, 2.24) is 4.90 Å². The van der Waals surface area contributed by atoms with Gasteiger partial charge >= 0.3 is 12.1 Å². The summed E-state index contributed by atoms with van der Waals surface area (Å²) in [5.74, 6) is -0.756. The summed E-state index contributed by atoms with van der Waals surface area (Å²) < 4.78 is 10.2. The van der Waals surface area contributed by atoms with Crippen molar-refractivity contribution in [3.8, 4) is 11.1 Å². The minimum absolute atomic E-state index is 0.0940. The van der Waals surface area contributed by atoms with Crippen molar-refractivity contribution >= 4 is 17.7 Å². The van der Waals surface area contributed by atoms with E-state index in [1.807, 2.05) is 75.4 Å². The number of nitrogens with zero attached hydrogens (tertiary/aromatic N) is 2. The van der Waals surface area contributed by atoms with E-state index in [0.29, 0.717) is 25.1 Å². The van der Waals surface area contributed by atoms with Crippen LogP contribution in [0.25, 0.3) is 11.1 Å². The molecular formula is C28H30N2O6. The maximum atomic E-state index is 12.8. The fourth-order valence-corrected chi connectivity index (χ4v) is 3.64. The van der Waals surface area contributed by atoms with E-state index < -0.39 is 16.5 Å². The molecule has 0 saturated carbocycles. The molecule has 0 atom stereocenters. The van der Waals surface area contributed by atoms with Gasteiger partial charge in [-0.2, -0.15) is 0 Å². The Labute approximate surface area is 210 Å². The maximum absolute atomic E-state index is 12.8. The summed E-state index contributed by atoms with van der Waals surface area (Å²) in [5.41, 5.74) is 2.39. The third-order valence-electron chi connectivity index (χ3n) is 5.43. The van der Waals surface area contributed by atoms with Crippen molar-refractivity contribution in [3.63, 3.8) is 0 Å². The molecular weight excluding hydrogens is 460 g/mol. The van der Waals surface area contributed by atoms with E-state index in [2.05, 4.69) is 4.74 Å². The predicted molar refractivity (Wildman–Crippen MR) is 137 cm³/mol. The second-order valence-electron chi connectivity index (χ2n) is 9.32. The van der Waals surface area contributed by atoms with E-state index in [1.54, 1.807) is 11.0 Å². The fourth-order valence-electron chi connectivity index (χ4n) is 3.64. The summed E-state index contributed by atoms with van der Waals surface area (Å²) in [6.07, 6.45) is 0.231. The number of rotatable bonds is 8. The second-order valence-corrected chi connectivity index (χ2v) is 9.32. The highest BCUT2D eigenvalue weighted by atomic mass is 16.6. The zero-order valence-electron chi connectivity index (χ0n) is 20.9. The highest BCUT2D eigenvalue weighted by Gasteiger charge is 2.23. The Hall–Kier alpha value is -4.20. The number of methoxy groups -OCH3 is 1. The van der Waals surface area contributed by atoms with E-state index in [0.717, 1.165) is 16.7 Å². The number of esters is 1. The van der Waals surface area contributed by atoms with Gasteiger partial charge in [-0.05, 0) is 55.5 Å². The van der Waals surface area contributed by atoms with E-state index >= 15 is 0 Å². The number of carbonyl (C=O) groups is 2. The largest absolute Gasteiger partial charge is 0.465 e. The van der Waals surface area contributed by atoms with Gasteiger partial charge in [0, 0.05) is 19.2 Å². The lowest BCUT2D eigenvalue weighted by Crippen LogP contribution is -2.37. The van der Waals surface area contributed by atoms with Crippen LogP contribution < -0.4 is 0 Å². The smallest absolute Gasteiger partial charge is 0.410 e. The number of hydrogen-bond acceptors (Lipinski definition) is 6. The number of carbonyl (C=O) groups excluding carboxylic acids is 2. The average Bonchev–Trinajstić information content (AvgIpc) is 2.85. The Morgan fingerprint density at radius 1 is 0.917 bits per heavy atom. The van der Waals surface area contributed by atoms with Gasteiger partial charge in [-0.15, -0.1) is 0 Å². The van der Waals surface area contributed by atoms with Gasteiger partial charge in [0.15, 0.2) is 0 Å². The second kappa shape index (κ2) is 11.5. The van der Waals surface area contributed by atoms with Gasteiger partial charge in [0.2, 0.25) is 0 Å². The van der Waals surface area contributed by atoms with E-state index in [-0.39, 0.29) is 17.3 Å². The Bertz CT molecular complexity index is 1220. The first-order valence-corrected chi connectivity index (χ1v) is 11.6. The van der Waals surface area contributed by atoms with Crippen LogP contribution in [-0.2, 0) is 22.4 Å². The van der Waals surface area contributed by atoms with Gasteiger partial charge in [0.05, 0.1) is 12.0 Å². The minimum Gasteiger partial charge on any atom is -0.465 e. The number of ether oxygens (including phenoxy) is 2. The van der Waals surface area contributed by atoms with Crippen LogP contribution in [0, 0.1) is 10.1 Å². The summed E-state index contributed by atoms with van der Waals surface area (Å²) in [4.78, 5) is 37.2. The van der Waals surface area contributed by atoms with Gasteiger partial charge in [0.1, 0.15) is 11.2 Å². The number of amides is 1. The molecule has 0 heterocycles. The van der Waals surface area contributed by atoms with E-state index in [4.69, 9.17) is 4.74 Å².